The van der Waals surface area contributed by atoms with E-state index in [1.807, 2.05) is 75.2 Å². The minimum Gasteiger partial charge on any atom is -0.309 e. The normalized spacial score (nSPS) is 11.1. The Kier molecular flexibility index (Phi) is 7.46. The van der Waals surface area contributed by atoms with Gasteiger partial charge in [-0.1, -0.05) is 54.6 Å². The van der Waals surface area contributed by atoms with Crippen LogP contribution in [0.2, 0.25) is 0 Å². The molecule has 4 aromatic heterocycles. The number of pyridine rings is 3. The van der Waals surface area contributed by atoms with E-state index in [4.69, 9.17) is 0 Å². The summed E-state index contributed by atoms with van der Waals surface area (Å²) in [5.74, 6) is 0. The van der Waals surface area contributed by atoms with Crippen molar-refractivity contribution in [2.24, 2.45) is 0 Å². The lowest BCUT2D eigenvalue weighted by molar-refractivity contribution is 1.18. The molecule has 0 bridgehead atoms. The van der Waals surface area contributed by atoms with Gasteiger partial charge >= 0.3 is 0 Å². The van der Waals surface area contributed by atoms with Crippen LogP contribution in [0, 0.1) is 0 Å². The maximum atomic E-state index is 4.33. The van der Waals surface area contributed by atoms with Gasteiger partial charge < -0.3 is 4.57 Å². The van der Waals surface area contributed by atoms with Gasteiger partial charge in [-0.25, -0.2) is 0 Å². The first-order chi connectivity index (χ1) is 20.3. The van der Waals surface area contributed by atoms with Gasteiger partial charge in [-0.2, -0.15) is 0 Å². The summed E-state index contributed by atoms with van der Waals surface area (Å²) in [4.78, 5) is 12.9. The van der Waals surface area contributed by atoms with Gasteiger partial charge in [0.2, 0.25) is 0 Å². The molecule has 41 heavy (non-hydrogen) atoms. The third-order valence-electron chi connectivity index (χ3n) is 7.21. The number of hydrogen-bond acceptors (Lipinski definition) is 3. The van der Waals surface area contributed by atoms with Crippen LogP contribution in [0.5, 0.6) is 0 Å². The van der Waals surface area contributed by atoms with Crippen LogP contribution >= 0.6 is 0 Å². The number of nitrogens with zero attached hydrogens (tertiary/aromatic N) is 4. The average molecular weight is 531 g/mol. The molecule has 4 nitrogen and oxygen atoms in total. The summed E-state index contributed by atoms with van der Waals surface area (Å²) in [5, 5.41) is 2.41. The molecule has 198 valence electrons. The van der Waals surface area contributed by atoms with Gasteiger partial charge in [0.05, 0.1) is 11.0 Å². The van der Waals surface area contributed by atoms with Crippen LogP contribution in [0.15, 0.2) is 146 Å². The second-order valence-corrected chi connectivity index (χ2v) is 9.74. The van der Waals surface area contributed by atoms with E-state index in [-0.39, 0.29) is 0 Å². The molecule has 3 aromatic carbocycles. The summed E-state index contributed by atoms with van der Waals surface area (Å²) in [5.41, 5.74) is 10.2. The van der Waals surface area contributed by atoms with Crippen LogP contribution < -0.4 is 0 Å². The minimum absolute atomic E-state index is 1.11. The summed E-state index contributed by atoms with van der Waals surface area (Å²) in [6, 6.07) is 34.3. The molecule has 0 fully saturated rings. The highest BCUT2D eigenvalue weighted by molar-refractivity contribution is 6.11. The summed E-state index contributed by atoms with van der Waals surface area (Å²) in [6.07, 6.45) is 15.1. The topological polar surface area (TPSA) is 43.6 Å². The second kappa shape index (κ2) is 11.8. The summed E-state index contributed by atoms with van der Waals surface area (Å²) in [6.45, 7) is 4.00. The number of benzene rings is 3. The summed E-state index contributed by atoms with van der Waals surface area (Å²) in [7, 11) is 0. The van der Waals surface area contributed by atoms with E-state index in [2.05, 4.69) is 98.4 Å². The molecule has 0 saturated carbocycles. The molecule has 0 radical (unpaired) electrons. The van der Waals surface area contributed by atoms with Gasteiger partial charge in [-0.3, -0.25) is 15.0 Å². The Bertz CT molecular complexity index is 1820. The lowest BCUT2D eigenvalue weighted by Gasteiger charge is -2.10. The van der Waals surface area contributed by atoms with Crippen molar-refractivity contribution < 1.29 is 0 Å². The highest BCUT2D eigenvalue weighted by atomic mass is 15.0. The van der Waals surface area contributed by atoms with Crippen molar-refractivity contribution in [2.45, 2.75) is 13.8 Å². The van der Waals surface area contributed by atoms with Gasteiger partial charge in [0.25, 0.3) is 0 Å². The Hall–Kier alpha value is -5.35. The van der Waals surface area contributed by atoms with Crippen LogP contribution in [-0.2, 0) is 0 Å². The zero-order chi connectivity index (χ0) is 28.0. The monoisotopic (exact) mass is 530 g/mol. The van der Waals surface area contributed by atoms with E-state index in [0.29, 0.717) is 0 Å². The second-order valence-electron chi connectivity index (χ2n) is 9.74. The van der Waals surface area contributed by atoms with E-state index >= 15 is 0 Å². The Morgan fingerprint density at radius 3 is 1.27 bits per heavy atom. The molecule has 0 N–H and O–H groups in total. The molecule has 0 spiro atoms. The molecule has 0 aliphatic carbocycles. The van der Waals surface area contributed by atoms with E-state index < -0.39 is 0 Å². The van der Waals surface area contributed by atoms with Crippen molar-refractivity contribution in [2.75, 3.05) is 0 Å². The number of allylic oxidation sites excluding steroid dienone is 2. The van der Waals surface area contributed by atoms with E-state index in [0.717, 1.165) is 39.1 Å². The standard InChI is InChI=1S/C33H22N4.C4H8/c1-4-26(20-34-15-1)23-7-11-29(12-8-23)37-32-13-9-24(27-5-2-16-35-21-27)18-30(32)31-19-25(10-14-33(31)37)28-6-3-17-36-22-28;1-3-4-2/h1-22H;3-4H,1-2H3/b;4-3-. The molecular weight excluding hydrogens is 500 g/mol. The number of hydrogen-bond donors (Lipinski definition) is 0. The van der Waals surface area contributed by atoms with Gasteiger partial charge in [-0.05, 0) is 90.7 Å². The molecule has 0 unspecified atom stereocenters. The SMILES string of the molecule is C/C=C\C.c1cncc(-c2ccc(-n3c4ccc(-c5cccnc5)cc4c4cc(-c5cccnc5)ccc43)cc2)c1. The molecule has 0 amide bonds. The zero-order valence-electron chi connectivity index (χ0n) is 23.1. The number of fused-ring (bicyclic) bond motifs is 3. The first-order valence-electron chi connectivity index (χ1n) is 13.7. The maximum Gasteiger partial charge on any atom is 0.0541 e. The Balaban J connectivity index is 0.000000712. The lowest BCUT2D eigenvalue weighted by Crippen LogP contribution is -1.94. The minimum atomic E-state index is 1.11. The molecule has 0 atom stereocenters. The fraction of sp³-hybridized carbons (Fsp3) is 0.0541. The van der Waals surface area contributed by atoms with Crippen LogP contribution in [0.1, 0.15) is 13.8 Å². The highest BCUT2D eigenvalue weighted by Gasteiger charge is 2.15. The summed E-state index contributed by atoms with van der Waals surface area (Å²) >= 11 is 0. The molecule has 4 heterocycles. The largest absolute Gasteiger partial charge is 0.309 e. The third-order valence-corrected chi connectivity index (χ3v) is 7.21. The molecule has 7 rings (SSSR count). The van der Waals surface area contributed by atoms with Crippen LogP contribution in [0.25, 0.3) is 60.9 Å². The molecule has 0 aliphatic rings. The van der Waals surface area contributed by atoms with Crippen molar-refractivity contribution >= 4 is 21.8 Å². The smallest absolute Gasteiger partial charge is 0.0541 e. The van der Waals surface area contributed by atoms with E-state index in [9.17, 15) is 0 Å². The van der Waals surface area contributed by atoms with Crippen LogP contribution in [0.4, 0.5) is 0 Å². The van der Waals surface area contributed by atoms with Crippen LogP contribution in [-0.4, -0.2) is 19.5 Å². The first-order valence-corrected chi connectivity index (χ1v) is 13.7. The maximum absolute atomic E-state index is 4.33. The summed E-state index contributed by atoms with van der Waals surface area (Å²) < 4.78 is 2.34. The molecule has 0 aliphatic heterocycles. The van der Waals surface area contributed by atoms with E-state index in [1.165, 1.54) is 21.8 Å². The van der Waals surface area contributed by atoms with Gasteiger partial charge in [-0.15, -0.1) is 0 Å². The Morgan fingerprint density at radius 2 is 0.878 bits per heavy atom. The Morgan fingerprint density at radius 1 is 0.463 bits per heavy atom. The fourth-order valence-electron chi connectivity index (χ4n) is 5.06. The zero-order valence-corrected chi connectivity index (χ0v) is 23.1. The molecule has 4 heteroatoms. The predicted molar refractivity (Wildman–Crippen MR) is 171 cm³/mol. The number of aromatic nitrogens is 4. The lowest BCUT2D eigenvalue weighted by atomic mass is 10.0. The fourth-order valence-corrected chi connectivity index (χ4v) is 5.06. The van der Waals surface area contributed by atoms with Crippen molar-refractivity contribution in [3.05, 3.63) is 146 Å². The van der Waals surface area contributed by atoms with Gasteiger partial charge in [0, 0.05) is 64.8 Å². The molecule has 0 saturated heterocycles. The van der Waals surface area contributed by atoms with Crippen molar-refractivity contribution in [3.63, 3.8) is 0 Å². The third kappa shape index (κ3) is 5.28. The molecular formula is C37H30N4. The highest BCUT2D eigenvalue weighted by Crippen LogP contribution is 2.37. The van der Waals surface area contributed by atoms with E-state index in [1.54, 1.807) is 6.20 Å². The van der Waals surface area contributed by atoms with Gasteiger partial charge in [0.1, 0.15) is 0 Å². The quantitative estimate of drug-likeness (QED) is 0.213. The predicted octanol–water partition coefficient (Wildman–Crippen LogP) is 9.55. The van der Waals surface area contributed by atoms with Crippen molar-refractivity contribution in [1.82, 2.24) is 19.5 Å². The van der Waals surface area contributed by atoms with Crippen molar-refractivity contribution in [1.29, 1.82) is 0 Å². The first kappa shape index (κ1) is 25.9. The van der Waals surface area contributed by atoms with Crippen LogP contribution in [0.3, 0.4) is 0 Å². The molecule has 7 aromatic rings. The number of rotatable bonds is 4. The average Bonchev–Trinajstić information content (AvgIpc) is 3.39. The van der Waals surface area contributed by atoms with Gasteiger partial charge in [0.15, 0.2) is 0 Å². The van der Waals surface area contributed by atoms with Crippen molar-refractivity contribution in [3.8, 4) is 39.1 Å². The Labute approximate surface area is 240 Å².